The Morgan fingerprint density at radius 1 is 1.65 bits per heavy atom. The van der Waals surface area contributed by atoms with Gasteiger partial charge in [-0.25, -0.2) is 4.79 Å². The summed E-state index contributed by atoms with van der Waals surface area (Å²) in [6.45, 7) is 1.92. The van der Waals surface area contributed by atoms with Gasteiger partial charge in [-0.1, -0.05) is 0 Å². The van der Waals surface area contributed by atoms with Crippen LogP contribution in [0.3, 0.4) is 0 Å². The van der Waals surface area contributed by atoms with Crippen LogP contribution in [0.2, 0.25) is 0 Å². The molecule has 1 rings (SSSR count). The quantitative estimate of drug-likeness (QED) is 0.772. The molecule has 0 aliphatic rings. The second kappa shape index (κ2) is 5.21. The number of carboxylic acids is 1. The first kappa shape index (κ1) is 12.8. The number of carboxylic acid groups (broad SMARTS) is 1. The SMILES string of the molecule is CC(CC#N)N(C)c1ccc(C(=O)O)c(N)c1. The fourth-order valence-corrected chi connectivity index (χ4v) is 1.49. The van der Waals surface area contributed by atoms with Crippen molar-refractivity contribution in [3.8, 4) is 6.07 Å². The highest BCUT2D eigenvalue weighted by Crippen LogP contribution is 2.22. The van der Waals surface area contributed by atoms with E-state index >= 15 is 0 Å². The van der Waals surface area contributed by atoms with Crippen LogP contribution >= 0.6 is 0 Å². The fourth-order valence-electron chi connectivity index (χ4n) is 1.49. The van der Waals surface area contributed by atoms with Crippen molar-refractivity contribution in [2.75, 3.05) is 17.7 Å². The maximum atomic E-state index is 10.8. The Bertz CT molecular complexity index is 465. The summed E-state index contributed by atoms with van der Waals surface area (Å²) in [6.07, 6.45) is 0.400. The minimum absolute atomic E-state index is 0.0510. The number of benzene rings is 1. The minimum atomic E-state index is -1.04. The lowest BCUT2D eigenvalue weighted by Gasteiger charge is -2.25. The second-order valence-corrected chi connectivity index (χ2v) is 3.90. The maximum absolute atomic E-state index is 10.8. The number of aromatic carboxylic acids is 1. The van der Waals surface area contributed by atoms with Crippen LogP contribution in [0.1, 0.15) is 23.7 Å². The molecule has 0 aliphatic carbocycles. The highest BCUT2D eigenvalue weighted by atomic mass is 16.4. The zero-order chi connectivity index (χ0) is 13.0. The third-order valence-electron chi connectivity index (χ3n) is 2.72. The summed E-state index contributed by atoms with van der Waals surface area (Å²) < 4.78 is 0. The monoisotopic (exact) mass is 233 g/mol. The van der Waals surface area contributed by atoms with E-state index in [0.717, 1.165) is 5.69 Å². The normalized spacial score (nSPS) is 11.6. The van der Waals surface area contributed by atoms with Gasteiger partial charge in [-0.15, -0.1) is 0 Å². The van der Waals surface area contributed by atoms with Gasteiger partial charge < -0.3 is 15.7 Å². The molecule has 0 heterocycles. The van der Waals surface area contributed by atoms with Crippen LogP contribution < -0.4 is 10.6 Å². The molecule has 90 valence electrons. The predicted molar refractivity (Wildman–Crippen MR) is 65.9 cm³/mol. The highest BCUT2D eigenvalue weighted by molar-refractivity contribution is 5.94. The van der Waals surface area contributed by atoms with E-state index in [9.17, 15) is 4.79 Å². The summed E-state index contributed by atoms with van der Waals surface area (Å²) in [5.74, 6) is -1.04. The van der Waals surface area contributed by atoms with Crippen LogP contribution in [0, 0.1) is 11.3 Å². The van der Waals surface area contributed by atoms with E-state index in [1.165, 1.54) is 6.07 Å². The van der Waals surface area contributed by atoms with Crippen molar-refractivity contribution >= 4 is 17.3 Å². The number of anilines is 2. The molecular weight excluding hydrogens is 218 g/mol. The lowest BCUT2D eigenvalue weighted by molar-refractivity contribution is 0.0698. The van der Waals surface area contributed by atoms with Gasteiger partial charge in [-0.05, 0) is 25.1 Å². The number of hydrogen-bond donors (Lipinski definition) is 2. The van der Waals surface area contributed by atoms with Gasteiger partial charge in [0.1, 0.15) is 0 Å². The van der Waals surface area contributed by atoms with Crippen molar-refractivity contribution in [1.82, 2.24) is 0 Å². The highest BCUT2D eigenvalue weighted by Gasteiger charge is 2.13. The molecule has 0 bridgehead atoms. The molecule has 1 unspecified atom stereocenters. The molecule has 1 atom stereocenters. The maximum Gasteiger partial charge on any atom is 0.337 e. The third kappa shape index (κ3) is 2.88. The summed E-state index contributed by atoms with van der Waals surface area (Å²) in [5, 5.41) is 17.5. The Balaban J connectivity index is 2.98. The molecule has 0 amide bonds. The van der Waals surface area contributed by atoms with E-state index in [0.29, 0.717) is 6.42 Å². The molecular formula is C12H15N3O2. The number of rotatable bonds is 4. The van der Waals surface area contributed by atoms with Crippen LogP contribution in [0.15, 0.2) is 18.2 Å². The van der Waals surface area contributed by atoms with Crippen LogP contribution in [0.5, 0.6) is 0 Å². The van der Waals surface area contributed by atoms with Gasteiger partial charge >= 0.3 is 5.97 Å². The zero-order valence-electron chi connectivity index (χ0n) is 9.84. The molecule has 0 aliphatic heterocycles. The number of nitrogen functional groups attached to an aromatic ring is 1. The van der Waals surface area contributed by atoms with Crippen molar-refractivity contribution in [3.63, 3.8) is 0 Å². The summed E-state index contributed by atoms with van der Waals surface area (Å²) in [7, 11) is 1.84. The van der Waals surface area contributed by atoms with Gasteiger partial charge in [0.15, 0.2) is 0 Å². The van der Waals surface area contributed by atoms with E-state index in [-0.39, 0.29) is 17.3 Å². The summed E-state index contributed by atoms with van der Waals surface area (Å²) in [6, 6.07) is 6.92. The van der Waals surface area contributed by atoms with Gasteiger partial charge in [-0.3, -0.25) is 0 Å². The van der Waals surface area contributed by atoms with Gasteiger partial charge in [0.25, 0.3) is 0 Å². The number of nitrogens with two attached hydrogens (primary N) is 1. The summed E-state index contributed by atoms with van der Waals surface area (Å²) >= 11 is 0. The van der Waals surface area contributed by atoms with Crippen molar-refractivity contribution in [2.24, 2.45) is 0 Å². The van der Waals surface area contributed by atoms with Gasteiger partial charge in [0.05, 0.1) is 18.1 Å². The smallest absolute Gasteiger partial charge is 0.337 e. The van der Waals surface area contributed by atoms with Crippen molar-refractivity contribution in [1.29, 1.82) is 5.26 Å². The first-order valence-electron chi connectivity index (χ1n) is 5.20. The fraction of sp³-hybridized carbons (Fsp3) is 0.333. The number of hydrogen-bond acceptors (Lipinski definition) is 4. The van der Waals surface area contributed by atoms with E-state index in [1.807, 2.05) is 18.9 Å². The molecule has 3 N–H and O–H groups in total. The van der Waals surface area contributed by atoms with Crippen LogP contribution in [0.4, 0.5) is 11.4 Å². The molecule has 0 saturated heterocycles. The van der Waals surface area contributed by atoms with Crippen molar-refractivity contribution in [2.45, 2.75) is 19.4 Å². The van der Waals surface area contributed by atoms with E-state index < -0.39 is 5.97 Å². The Kier molecular flexibility index (Phi) is 3.94. The molecule has 0 fully saturated rings. The van der Waals surface area contributed by atoms with E-state index in [2.05, 4.69) is 6.07 Å². The molecule has 1 aromatic carbocycles. The van der Waals surface area contributed by atoms with E-state index in [4.69, 9.17) is 16.1 Å². The summed E-state index contributed by atoms with van der Waals surface area (Å²) in [5.41, 5.74) is 6.78. The third-order valence-corrected chi connectivity index (χ3v) is 2.72. The lowest BCUT2D eigenvalue weighted by atomic mass is 10.1. The predicted octanol–water partition coefficient (Wildman–Crippen LogP) is 1.71. The molecule has 1 aromatic rings. The number of carbonyl (C=O) groups is 1. The topological polar surface area (TPSA) is 90.3 Å². The zero-order valence-corrected chi connectivity index (χ0v) is 9.84. The molecule has 0 saturated carbocycles. The average Bonchev–Trinajstić information content (AvgIpc) is 2.27. The average molecular weight is 233 g/mol. The second-order valence-electron chi connectivity index (χ2n) is 3.90. The van der Waals surface area contributed by atoms with Gasteiger partial charge in [0.2, 0.25) is 0 Å². The van der Waals surface area contributed by atoms with Crippen LogP contribution in [-0.2, 0) is 0 Å². The Morgan fingerprint density at radius 2 is 2.29 bits per heavy atom. The van der Waals surface area contributed by atoms with Crippen LogP contribution in [0.25, 0.3) is 0 Å². The van der Waals surface area contributed by atoms with Crippen molar-refractivity contribution in [3.05, 3.63) is 23.8 Å². The molecule has 0 aromatic heterocycles. The standard InChI is InChI=1S/C12H15N3O2/c1-8(5-6-13)15(2)9-3-4-10(12(16)17)11(14)7-9/h3-4,7-8H,5,14H2,1-2H3,(H,16,17). The Labute approximate surface area is 100 Å². The Hall–Kier alpha value is -2.22. The lowest BCUT2D eigenvalue weighted by Crippen LogP contribution is -2.28. The number of nitriles is 1. The largest absolute Gasteiger partial charge is 0.478 e. The van der Waals surface area contributed by atoms with Gasteiger partial charge in [-0.2, -0.15) is 5.26 Å². The van der Waals surface area contributed by atoms with Crippen molar-refractivity contribution < 1.29 is 9.90 Å². The Morgan fingerprint density at radius 3 is 2.76 bits per heavy atom. The summed E-state index contributed by atoms with van der Waals surface area (Å²) in [4.78, 5) is 12.7. The molecule has 0 spiro atoms. The minimum Gasteiger partial charge on any atom is -0.478 e. The van der Waals surface area contributed by atoms with Crippen LogP contribution in [-0.4, -0.2) is 24.2 Å². The number of nitrogens with zero attached hydrogens (tertiary/aromatic N) is 2. The first-order chi connectivity index (χ1) is 7.97. The molecule has 0 radical (unpaired) electrons. The molecule has 5 heteroatoms. The van der Waals surface area contributed by atoms with Gasteiger partial charge in [0, 0.05) is 24.5 Å². The van der Waals surface area contributed by atoms with E-state index in [1.54, 1.807) is 12.1 Å². The first-order valence-corrected chi connectivity index (χ1v) is 5.20. The molecule has 5 nitrogen and oxygen atoms in total. The molecule has 17 heavy (non-hydrogen) atoms.